The van der Waals surface area contributed by atoms with Crippen LogP contribution in [-0.4, -0.2) is 48.0 Å². The molecule has 4 rings (SSSR count). The van der Waals surface area contributed by atoms with Crippen molar-refractivity contribution >= 4 is 15.9 Å². The lowest BCUT2D eigenvalue weighted by Crippen LogP contribution is -2.32. The highest BCUT2D eigenvalue weighted by Gasteiger charge is 2.27. The smallest absolute Gasteiger partial charge is 0.309 e. The fourth-order valence-electron chi connectivity index (χ4n) is 3.60. The van der Waals surface area contributed by atoms with E-state index in [1.165, 1.54) is 16.4 Å². The van der Waals surface area contributed by atoms with Gasteiger partial charge in [-0.05, 0) is 49.9 Å². The molecule has 0 bridgehead atoms. The Labute approximate surface area is 158 Å². The van der Waals surface area contributed by atoms with Crippen LogP contribution < -0.4 is 5.32 Å². The Balaban J connectivity index is 1.48. The predicted octanol–water partition coefficient (Wildman–Crippen LogP) is 2.19. The van der Waals surface area contributed by atoms with Crippen molar-refractivity contribution in [2.75, 3.05) is 13.1 Å². The molecule has 2 aromatic rings. The Hall–Kier alpha value is -2.26. The Morgan fingerprint density at radius 3 is 2.37 bits per heavy atom. The molecule has 0 atom stereocenters. The van der Waals surface area contributed by atoms with Gasteiger partial charge in [0.05, 0.1) is 4.90 Å². The van der Waals surface area contributed by atoms with E-state index >= 15 is 0 Å². The van der Waals surface area contributed by atoms with Gasteiger partial charge in [-0.3, -0.25) is 4.79 Å². The number of nitrogens with zero attached hydrogens (tertiary/aromatic N) is 3. The molecule has 1 saturated carbocycles. The van der Waals surface area contributed by atoms with E-state index in [0.717, 1.165) is 38.5 Å². The van der Waals surface area contributed by atoms with Gasteiger partial charge in [-0.25, -0.2) is 8.42 Å². The molecule has 1 aromatic carbocycles. The number of benzene rings is 1. The average molecular weight is 390 g/mol. The summed E-state index contributed by atoms with van der Waals surface area (Å²) in [5.41, 5.74) is 0.572. The SMILES string of the molecule is O=C(NC1CCCC1)c1nnc(-c2ccc(S(=O)(=O)N3CCCC3)cc2)o1. The minimum absolute atomic E-state index is 0.0781. The van der Waals surface area contributed by atoms with Gasteiger partial charge >= 0.3 is 11.8 Å². The van der Waals surface area contributed by atoms with Crippen molar-refractivity contribution in [3.8, 4) is 11.5 Å². The van der Waals surface area contributed by atoms with Crippen LogP contribution in [0.3, 0.4) is 0 Å². The van der Waals surface area contributed by atoms with E-state index in [2.05, 4.69) is 15.5 Å². The summed E-state index contributed by atoms with van der Waals surface area (Å²) in [4.78, 5) is 12.4. The fourth-order valence-corrected chi connectivity index (χ4v) is 5.11. The van der Waals surface area contributed by atoms with Crippen molar-refractivity contribution in [1.82, 2.24) is 19.8 Å². The van der Waals surface area contributed by atoms with Gasteiger partial charge in [0, 0.05) is 24.7 Å². The highest BCUT2D eigenvalue weighted by Crippen LogP contribution is 2.24. The minimum Gasteiger partial charge on any atom is -0.412 e. The van der Waals surface area contributed by atoms with Crippen LogP contribution >= 0.6 is 0 Å². The van der Waals surface area contributed by atoms with E-state index in [9.17, 15) is 13.2 Å². The van der Waals surface area contributed by atoms with E-state index in [1.54, 1.807) is 12.1 Å². The van der Waals surface area contributed by atoms with E-state index < -0.39 is 10.0 Å². The van der Waals surface area contributed by atoms with Crippen molar-refractivity contribution in [2.24, 2.45) is 0 Å². The summed E-state index contributed by atoms with van der Waals surface area (Å²) in [6.45, 7) is 1.13. The van der Waals surface area contributed by atoms with E-state index in [0.29, 0.717) is 18.7 Å². The first-order chi connectivity index (χ1) is 13.0. The first-order valence-electron chi connectivity index (χ1n) is 9.29. The van der Waals surface area contributed by atoms with Gasteiger partial charge in [-0.1, -0.05) is 12.8 Å². The zero-order valence-electron chi connectivity index (χ0n) is 14.9. The molecule has 0 radical (unpaired) electrons. The van der Waals surface area contributed by atoms with Gasteiger partial charge in [0.1, 0.15) is 0 Å². The van der Waals surface area contributed by atoms with Crippen molar-refractivity contribution in [3.63, 3.8) is 0 Å². The van der Waals surface area contributed by atoms with Crippen LogP contribution in [0.25, 0.3) is 11.5 Å². The quantitative estimate of drug-likeness (QED) is 0.839. The Morgan fingerprint density at radius 2 is 1.70 bits per heavy atom. The molecule has 2 aliphatic rings. The Kier molecular flexibility index (Phi) is 4.96. The summed E-state index contributed by atoms with van der Waals surface area (Å²) in [5.74, 6) is -0.253. The van der Waals surface area contributed by atoms with Crippen molar-refractivity contribution in [3.05, 3.63) is 30.2 Å². The number of hydrogen-bond donors (Lipinski definition) is 1. The standard InChI is InChI=1S/C18H22N4O4S/c23-16(19-14-5-1-2-6-14)18-21-20-17(26-18)13-7-9-15(10-8-13)27(24,25)22-11-3-4-12-22/h7-10,14H,1-6,11-12H2,(H,19,23). The van der Waals surface area contributed by atoms with Crippen molar-refractivity contribution in [1.29, 1.82) is 0 Å². The Morgan fingerprint density at radius 1 is 1.04 bits per heavy atom. The number of rotatable bonds is 5. The molecule has 0 unspecified atom stereocenters. The summed E-state index contributed by atoms with van der Waals surface area (Å²) >= 11 is 0. The maximum absolute atomic E-state index is 12.6. The molecule has 8 nitrogen and oxygen atoms in total. The molecule has 1 aliphatic carbocycles. The number of aromatic nitrogens is 2. The van der Waals surface area contributed by atoms with Crippen LogP contribution in [-0.2, 0) is 10.0 Å². The Bertz CT molecular complexity index is 911. The number of hydrogen-bond acceptors (Lipinski definition) is 6. The monoisotopic (exact) mass is 390 g/mol. The molecule has 1 aliphatic heterocycles. The molecule has 2 heterocycles. The van der Waals surface area contributed by atoms with Crippen molar-refractivity contribution < 1.29 is 17.6 Å². The second-order valence-electron chi connectivity index (χ2n) is 7.00. The maximum atomic E-state index is 12.6. The first kappa shape index (κ1) is 18.1. The highest BCUT2D eigenvalue weighted by molar-refractivity contribution is 7.89. The predicted molar refractivity (Wildman–Crippen MR) is 97.4 cm³/mol. The molecule has 1 aromatic heterocycles. The molecule has 144 valence electrons. The van der Waals surface area contributed by atoms with Crippen LogP contribution in [0.15, 0.2) is 33.6 Å². The fraction of sp³-hybridized carbons (Fsp3) is 0.500. The summed E-state index contributed by atoms with van der Waals surface area (Å²) < 4.78 is 32.1. The third-order valence-corrected chi connectivity index (χ3v) is 7.03. The molecule has 1 saturated heterocycles. The normalized spacial score (nSPS) is 18.8. The first-order valence-corrected chi connectivity index (χ1v) is 10.7. The van der Waals surface area contributed by atoms with Crippen molar-refractivity contribution in [2.45, 2.75) is 49.5 Å². The van der Waals surface area contributed by atoms with Crippen LogP contribution in [0.5, 0.6) is 0 Å². The zero-order valence-corrected chi connectivity index (χ0v) is 15.7. The maximum Gasteiger partial charge on any atom is 0.309 e. The lowest BCUT2D eigenvalue weighted by Gasteiger charge is -2.15. The number of sulfonamides is 1. The van der Waals surface area contributed by atoms with Gasteiger partial charge in [0.15, 0.2) is 0 Å². The molecular formula is C18H22N4O4S. The molecule has 0 spiro atoms. The molecule has 27 heavy (non-hydrogen) atoms. The lowest BCUT2D eigenvalue weighted by atomic mass is 10.2. The van der Waals surface area contributed by atoms with Gasteiger partial charge in [-0.2, -0.15) is 4.31 Å². The molecule has 1 amide bonds. The zero-order chi connectivity index (χ0) is 18.9. The minimum atomic E-state index is -3.46. The summed E-state index contributed by atoms with van der Waals surface area (Å²) in [5, 5.41) is 10.6. The number of carbonyl (C=O) groups is 1. The molecule has 2 fully saturated rings. The van der Waals surface area contributed by atoms with E-state index in [1.807, 2.05) is 0 Å². The summed E-state index contributed by atoms with van der Waals surface area (Å²) in [6.07, 6.45) is 5.97. The number of nitrogens with one attached hydrogen (secondary N) is 1. The third-order valence-electron chi connectivity index (χ3n) is 5.11. The van der Waals surface area contributed by atoms with Crippen LogP contribution in [0.1, 0.15) is 49.2 Å². The van der Waals surface area contributed by atoms with Gasteiger partial charge in [-0.15, -0.1) is 10.2 Å². The molecule has 1 N–H and O–H groups in total. The number of amides is 1. The summed E-state index contributed by atoms with van der Waals surface area (Å²) in [7, 11) is -3.46. The number of carbonyl (C=O) groups excluding carboxylic acids is 1. The second-order valence-corrected chi connectivity index (χ2v) is 8.94. The van der Waals surface area contributed by atoms with E-state index in [4.69, 9.17) is 4.42 Å². The van der Waals surface area contributed by atoms with Crippen LogP contribution in [0, 0.1) is 0 Å². The van der Waals surface area contributed by atoms with E-state index in [-0.39, 0.29) is 28.6 Å². The molecule has 9 heteroatoms. The van der Waals surface area contributed by atoms with Gasteiger partial charge in [0.25, 0.3) is 0 Å². The average Bonchev–Trinajstić information content (AvgIpc) is 3.43. The van der Waals surface area contributed by atoms with Crippen LogP contribution in [0.4, 0.5) is 0 Å². The summed E-state index contributed by atoms with van der Waals surface area (Å²) in [6, 6.07) is 6.48. The van der Waals surface area contributed by atoms with Gasteiger partial charge < -0.3 is 9.73 Å². The highest BCUT2D eigenvalue weighted by atomic mass is 32.2. The molecular weight excluding hydrogens is 368 g/mol. The second kappa shape index (κ2) is 7.40. The lowest BCUT2D eigenvalue weighted by molar-refractivity contribution is 0.0903. The van der Waals surface area contributed by atoms with Gasteiger partial charge in [0.2, 0.25) is 15.9 Å². The van der Waals surface area contributed by atoms with Crippen LogP contribution in [0.2, 0.25) is 0 Å². The third kappa shape index (κ3) is 3.74. The largest absolute Gasteiger partial charge is 0.412 e. The topological polar surface area (TPSA) is 105 Å².